The minimum atomic E-state index is -3.21. The van der Waals surface area contributed by atoms with Crippen molar-refractivity contribution in [3.05, 3.63) is 0 Å². The van der Waals surface area contributed by atoms with Crippen molar-refractivity contribution in [1.82, 2.24) is 13.9 Å². The Bertz CT molecular complexity index is 350. The van der Waals surface area contributed by atoms with Crippen LogP contribution in [-0.2, 0) is 10.2 Å². The molecule has 2 heterocycles. The second-order valence-electron chi connectivity index (χ2n) is 5.30. The fourth-order valence-electron chi connectivity index (χ4n) is 2.49. The lowest BCUT2D eigenvalue weighted by Crippen LogP contribution is -2.56. The number of rotatable bonds is 2. The number of piperazine rings is 1. The molecule has 0 aromatic rings. The van der Waals surface area contributed by atoms with E-state index in [-0.39, 0.29) is 6.04 Å². The molecule has 0 unspecified atom stereocenters. The fourth-order valence-corrected chi connectivity index (χ4v) is 4.22. The Labute approximate surface area is 104 Å². The Balaban J connectivity index is 2.02. The van der Waals surface area contributed by atoms with Crippen molar-refractivity contribution in [3.63, 3.8) is 0 Å². The van der Waals surface area contributed by atoms with Gasteiger partial charge in [0, 0.05) is 38.8 Å². The topological polar surface area (TPSA) is 52.7 Å². The monoisotopic (exact) mass is 261 g/mol. The van der Waals surface area contributed by atoms with Gasteiger partial charge < -0.3 is 5.32 Å². The molecule has 1 atom stereocenters. The molecule has 0 aliphatic carbocycles. The number of nitrogens with zero attached hydrogens (tertiary/aromatic N) is 2. The van der Waals surface area contributed by atoms with Crippen LogP contribution in [0.1, 0.15) is 26.7 Å². The quantitative estimate of drug-likeness (QED) is 0.775. The molecule has 5 nitrogen and oxygen atoms in total. The van der Waals surface area contributed by atoms with Gasteiger partial charge in [0.2, 0.25) is 0 Å². The van der Waals surface area contributed by atoms with Gasteiger partial charge in [0.15, 0.2) is 0 Å². The Morgan fingerprint density at radius 3 is 2.29 bits per heavy atom. The first-order valence-electron chi connectivity index (χ1n) is 6.49. The Morgan fingerprint density at radius 1 is 1.06 bits per heavy atom. The van der Waals surface area contributed by atoms with Crippen LogP contribution >= 0.6 is 0 Å². The summed E-state index contributed by atoms with van der Waals surface area (Å²) >= 11 is 0. The standard InChI is InChI=1S/C11H23N3O2S/c1-10-3-6-13(7-4-10)17(15,16)14-8-5-12-11(2)9-14/h10-12H,3-9H2,1-2H3/t11-/m1/s1. The van der Waals surface area contributed by atoms with Gasteiger partial charge in [-0.3, -0.25) is 0 Å². The summed E-state index contributed by atoms with van der Waals surface area (Å²) in [7, 11) is -3.21. The first-order chi connectivity index (χ1) is 8.00. The molecule has 2 rings (SSSR count). The van der Waals surface area contributed by atoms with E-state index in [0.717, 1.165) is 19.4 Å². The van der Waals surface area contributed by atoms with Gasteiger partial charge >= 0.3 is 0 Å². The molecule has 0 saturated carbocycles. The van der Waals surface area contributed by atoms with Gasteiger partial charge in [0.05, 0.1) is 0 Å². The average Bonchev–Trinajstić information content (AvgIpc) is 2.29. The molecule has 0 spiro atoms. The van der Waals surface area contributed by atoms with Crippen LogP contribution in [0.5, 0.6) is 0 Å². The molecule has 0 aromatic carbocycles. The van der Waals surface area contributed by atoms with Crippen molar-refractivity contribution >= 4 is 10.2 Å². The van der Waals surface area contributed by atoms with E-state index in [1.807, 2.05) is 6.92 Å². The zero-order valence-electron chi connectivity index (χ0n) is 10.7. The average molecular weight is 261 g/mol. The lowest BCUT2D eigenvalue weighted by Gasteiger charge is -2.37. The fraction of sp³-hybridized carbons (Fsp3) is 1.00. The maximum atomic E-state index is 12.4. The number of piperidine rings is 1. The highest BCUT2D eigenvalue weighted by Gasteiger charge is 2.33. The van der Waals surface area contributed by atoms with E-state index in [1.54, 1.807) is 8.61 Å². The summed E-state index contributed by atoms with van der Waals surface area (Å²) in [5.41, 5.74) is 0. The zero-order chi connectivity index (χ0) is 12.5. The molecule has 100 valence electrons. The first kappa shape index (κ1) is 13.3. The van der Waals surface area contributed by atoms with Gasteiger partial charge in [0.1, 0.15) is 0 Å². The Morgan fingerprint density at radius 2 is 1.71 bits per heavy atom. The van der Waals surface area contributed by atoms with Crippen molar-refractivity contribution in [1.29, 1.82) is 0 Å². The maximum Gasteiger partial charge on any atom is 0.282 e. The minimum Gasteiger partial charge on any atom is -0.312 e. The van der Waals surface area contributed by atoms with Crippen molar-refractivity contribution in [3.8, 4) is 0 Å². The Hall–Kier alpha value is -0.170. The summed E-state index contributed by atoms with van der Waals surface area (Å²) in [5.74, 6) is 0.656. The van der Waals surface area contributed by atoms with Gasteiger partial charge in [-0.15, -0.1) is 0 Å². The molecule has 0 radical (unpaired) electrons. The number of hydrogen-bond donors (Lipinski definition) is 1. The third kappa shape index (κ3) is 2.99. The number of nitrogens with one attached hydrogen (secondary N) is 1. The largest absolute Gasteiger partial charge is 0.312 e. The van der Waals surface area contributed by atoms with Crippen molar-refractivity contribution in [2.75, 3.05) is 32.7 Å². The SMILES string of the molecule is CC1CCN(S(=O)(=O)N2CCN[C@H](C)C2)CC1. The normalized spacial score (nSPS) is 30.6. The van der Waals surface area contributed by atoms with Crippen LogP contribution in [0.4, 0.5) is 0 Å². The lowest BCUT2D eigenvalue weighted by atomic mass is 10.0. The van der Waals surface area contributed by atoms with Crippen LogP contribution in [0.3, 0.4) is 0 Å². The molecule has 17 heavy (non-hydrogen) atoms. The van der Waals surface area contributed by atoms with Gasteiger partial charge in [0.25, 0.3) is 10.2 Å². The van der Waals surface area contributed by atoms with Gasteiger partial charge in [-0.1, -0.05) is 6.92 Å². The summed E-state index contributed by atoms with van der Waals surface area (Å²) in [4.78, 5) is 0. The highest BCUT2D eigenvalue weighted by molar-refractivity contribution is 7.86. The predicted octanol–water partition coefficient (Wildman–Crippen LogP) is 0.257. The van der Waals surface area contributed by atoms with E-state index >= 15 is 0 Å². The van der Waals surface area contributed by atoms with Crippen molar-refractivity contribution < 1.29 is 8.42 Å². The minimum absolute atomic E-state index is 0.252. The molecule has 2 fully saturated rings. The molecular weight excluding hydrogens is 238 g/mol. The van der Waals surface area contributed by atoms with Crippen LogP contribution in [-0.4, -0.2) is 55.8 Å². The highest BCUT2D eigenvalue weighted by Crippen LogP contribution is 2.21. The molecule has 0 bridgehead atoms. The smallest absolute Gasteiger partial charge is 0.282 e. The van der Waals surface area contributed by atoms with E-state index in [2.05, 4.69) is 12.2 Å². The van der Waals surface area contributed by atoms with Crippen molar-refractivity contribution in [2.45, 2.75) is 32.7 Å². The summed E-state index contributed by atoms with van der Waals surface area (Å²) in [5, 5.41) is 3.27. The van der Waals surface area contributed by atoms with E-state index in [9.17, 15) is 8.42 Å². The van der Waals surface area contributed by atoms with Crippen LogP contribution in [0, 0.1) is 5.92 Å². The van der Waals surface area contributed by atoms with E-state index < -0.39 is 10.2 Å². The van der Waals surface area contributed by atoms with Gasteiger partial charge in [-0.25, -0.2) is 0 Å². The predicted molar refractivity (Wildman–Crippen MR) is 67.9 cm³/mol. The van der Waals surface area contributed by atoms with E-state index in [1.165, 1.54) is 0 Å². The second kappa shape index (κ2) is 5.22. The van der Waals surface area contributed by atoms with Crippen molar-refractivity contribution in [2.24, 2.45) is 5.92 Å². The van der Waals surface area contributed by atoms with Crippen LogP contribution in [0.15, 0.2) is 0 Å². The molecule has 2 aliphatic rings. The highest BCUT2D eigenvalue weighted by atomic mass is 32.2. The molecule has 0 amide bonds. The van der Waals surface area contributed by atoms with Crippen LogP contribution in [0.2, 0.25) is 0 Å². The second-order valence-corrected chi connectivity index (χ2v) is 7.23. The Kier molecular flexibility index (Phi) is 4.07. The molecule has 2 aliphatic heterocycles. The molecule has 2 saturated heterocycles. The summed E-state index contributed by atoms with van der Waals surface area (Å²) in [6.07, 6.45) is 1.97. The molecule has 6 heteroatoms. The van der Waals surface area contributed by atoms with Gasteiger partial charge in [-0.05, 0) is 25.7 Å². The van der Waals surface area contributed by atoms with E-state index in [4.69, 9.17) is 0 Å². The van der Waals surface area contributed by atoms with Crippen LogP contribution < -0.4 is 5.32 Å². The maximum absolute atomic E-state index is 12.4. The molecule has 0 aromatic heterocycles. The third-order valence-electron chi connectivity index (χ3n) is 3.73. The summed E-state index contributed by atoms with van der Waals surface area (Å²) in [6, 6.07) is 0.252. The summed E-state index contributed by atoms with van der Waals surface area (Å²) in [6.45, 7) is 7.53. The zero-order valence-corrected chi connectivity index (χ0v) is 11.5. The first-order valence-corrected chi connectivity index (χ1v) is 7.88. The lowest BCUT2D eigenvalue weighted by molar-refractivity contribution is 0.244. The number of hydrogen-bond acceptors (Lipinski definition) is 3. The van der Waals surface area contributed by atoms with Crippen LogP contribution in [0.25, 0.3) is 0 Å². The van der Waals surface area contributed by atoms with Gasteiger partial charge in [-0.2, -0.15) is 17.0 Å². The summed E-state index contributed by atoms with van der Waals surface area (Å²) < 4.78 is 28.1. The third-order valence-corrected chi connectivity index (χ3v) is 5.73. The molecular formula is C11H23N3O2S. The molecule has 1 N–H and O–H groups in total. The van der Waals surface area contributed by atoms with E-state index in [0.29, 0.717) is 32.1 Å².